The lowest BCUT2D eigenvalue weighted by atomic mass is 9.90. The largest absolute Gasteiger partial charge is 0.496 e. The van der Waals surface area contributed by atoms with Gasteiger partial charge in [0.05, 0.1) is 13.2 Å². The van der Waals surface area contributed by atoms with Crippen LogP contribution >= 0.6 is 11.3 Å². The molecular weight excluding hydrogens is 406 g/mol. The molecule has 2 aromatic carbocycles. The van der Waals surface area contributed by atoms with Crippen molar-refractivity contribution in [2.75, 3.05) is 20.2 Å². The van der Waals surface area contributed by atoms with Crippen molar-refractivity contribution >= 4 is 17.2 Å². The van der Waals surface area contributed by atoms with E-state index in [4.69, 9.17) is 4.74 Å². The van der Waals surface area contributed by atoms with Gasteiger partial charge in [0, 0.05) is 35.8 Å². The molecule has 1 fully saturated rings. The number of benzene rings is 2. The number of aromatic nitrogens is 1. The minimum atomic E-state index is -0.0880. The Morgan fingerprint density at radius 1 is 1.29 bits per heavy atom. The molecule has 5 nitrogen and oxygen atoms in total. The Balaban J connectivity index is 1.51. The Hall–Kier alpha value is -2.70. The van der Waals surface area contributed by atoms with Crippen molar-refractivity contribution in [1.29, 1.82) is 0 Å². The summed E-state index contributed by atoms with van der Waals surface area (Å²) in [7, 11) is 1.73. The highest BCUT2D eigenvalue weighted by Crippen LogP contribution is 2.33. The molecule has 3 aromatic rings. The standard InChI is InChI=1S/C25H29N3O2S/c1-18-10-11-22(30-2)21(15-18)17-28-13-6-9-20(16-28)23(25-26-12-14-31-25)27-24(29)19-7-4-3-5-8-19/h3-5,7-8,10-12,14-15,20,23H,6,9,13,16-17H2,1-2H3,(H,27,29)/t20-,23+/m1/s1. The molecule has 1 N–H and O–H groups in total. The number of methoxy groups -OCH3 is 1. The van der Waals surface area contributed by atoms with Crippen molar-refractivity contribution in [3.63, 3.8) is 0 Å². The van der Waals surface area contributed by atoms with Crippen molar-refractivity contribution in [1.82, 2.24) is 15.2 Å². The fourth-order valence-corrected chi connectivity index (χ4v) is 5.14. The average molecular weight is 436 g/mol. The van der Waals surface area contributed by atoms with Gasteiger partial charge in [0.25, 0.3) is 5.91 Å². The maximum Gasteiger partial charge on any atom is 0.251 e. The third-order valence-corrected chi connectivity index (χ3v) is 6.74. The summed E-state index contributed by atoms with van der Waals surface area (Å²) in [6.07, 6.45) is 3.99. The lowest BCUT2D eigenvalue weighted by Gasteiger charge is -2.37. The van der Waals surface area contributed by atoms with E-state index in [9.17, 15) is 4.79 Å². The van der Waals surface area contributed by atoms with Crippen LogP contribution < -0.4 is 10.1 Å². The molecule has 1 amide bonds. The minimum absolute atomic E-state index is 0.0433. The van der Waals surface area contributed by atoms with Crippen LogP contribution in [0, 0.1) is 12.8 Å². The molecule has 1 aromatic heterocycles. The second-order valence-electron chi connectivity index (χ2n) is 8.14. The molecule has 1 aliphatic rings. The Labute approximate surface area is 188 Å². The van der Waals surface area contributed by atoms with Gasteiger partial charge >= 0.3 is 0 Å². The van der Waals surface area contributed by atoms with E-state index < -0.39 is 0 Å². The molecule has 2 atom stereocenters. The molecule has 4 rings (SSSR count). The number of hydrogen-bond acceptors (Lipinski definition) is 5. The lowest BCUT2D eigenvalue weighted by Crippen LogP contribution is -2.42. The van der Waals surface area contributed by atoms with Gasteiger partial charge in [-0.15, -0.1) is 11.3 Å². The summed E-state index contributed by atoms with van der Waals surface area (Å²) in [6, 6.07) is 15.7. The van der Waals surface area contributed by atoms with Crippen LogP contribution in [0.5, 0.6) is 5.75 Å². The van der Waals surface area contributed by atoms with E-state index in [1.54, 1.807) is 18.4 Å². The highest BCUT2D eigenvalue weighted by Gasteiger charge is 2.31. The van der Waals surface area contributed by atoms with Gasteiger partial charge in [-0.25, -0.2) is 4.98 Å². The third-order valence-electron chi connectivity index (χ3n) is 5.88. The Kier molecular flexibility index (Phi) is 6.99. The summed E-state index contributed by atoms with van der Waals surface area (Å²) in [5.41, 5.74) is 3.13. The number of amides is 1. The molecule has 0 radical (unpaired) electrons. The molecular formula is C25H29N3O2S. The first-order valence-corrected chi connectivity index (χ1v) is 11.6. The van der Waals surface area contributed by atoms with E-state index in [-0.39, 0.29) is 11.9 Å². The molecule has 1 aliphatic heterocycles. The number of thiazole rings is 1. The van der Waals surface area contributed by atoms with Crippen LogP contribution in [0.1, 0.15) is 45.4 Å². The normalized spacial score (nSPS) is 17.8. The topological polar surface area (TPSA) is 54.5 Å². The molecule has 0 bridgehead atoms. The Morgan fingerprint density at radius 3 is 2.87 bits per heavy atom. The molecule has 31 heavy (non-hydrogen) atoms. The van der Waals surface area contributed by atoms with Crippen molar-refractivity contribution in [2.24, 2.45) is 5.92 Å². The SMILES string of the molecule is COc1ccc(C)cc1CN1CCC[C@@H]([C@H](NC(=O)c2ccccc2)c2nccs2)C1. The zero-order chi connectivity index (χ0) is 21.6. The highest BCUT2D eigenvalue weighted by atomic mass is 32.1. The number of ether oxygens (including phenoxy) is 1. The van der Waals surface area contributed by atoms with Gasteiger partial charge in [-0.3, -0.25) is 9.69 Å². The fourth-order valence-electron chi connectivity index (χ4n) is 4.36. The lowest BCUT2D eigenvalue weighted by molar-refractivity contribution is 0.0877. The molecule has 6 heteroatoms. The van der Waals surface area contributed by atoms with Gasteiger partial charge in [-0.2, -0.15) is 0 Å². The summed E-state index contributed by atoms with van der Waals surface area (Å²) in [5.74, 6) is 1.20. The Morgan fingerprint density at radius 2 is 2.13 bits per heavy atom. The van der Waals surface area contributed by atoms with Gasteiger partial charge in [0.1, 0.15) is 10.8 Å². The number of carbonyl (C=O) groups excluding carboxylic acids is 1. The quantitative estimate of drug-likeness (QED) is 0.577. The van der Waals surface area contributed by atoms with Crippen molar-refractivity contribution < 1.29 is 9.53 Å². The molecule has 0 saturated carbocycles. The molecule has 2 heterocycles. The number of nitrogens with one attached hydrogen (secondary N) is 1. The van der Waals surface area contributed by atoms with Crippen LogP contribution in [-0.4, -0.2) is 36.0 Å². The van der Waals surface area contributed by atoms with Gasteiger partial charge in [0.15, 0.2) is 0 Å². The predicted molar refractivity (Wildman–Crippen MR) is 124 cm³/mol. The van der Waals surface area contributed by atoms with Gasteiger partial charge in [-0.05, 0) is 50.4 Å². The predicted octanol–water partition coefficient (Wildman–Crippen LogP) is 4.84. The minimum Gasteiger partial charge on any atom is -0.496 e. The van der Waals surface area contributed by atoms with Crippen LogP contribution in [0.4, 0.5) is 0 Å². The highest BCUT2D eigenvalue weighted by molar-refractivity contribution is 7.09. The van der Waals surface area contributed by atoms with Crippen LogP contribution in [0.25, 0.3) is 0 Å². The summed E-state index contributed by atoms with van der Waals surface area (Å²) in [4.78, 5) is 19.9. The summed E-state index contributed by atoms with van der Waals surface area (Å²) >= 11 is 1.61. The first kappa shape index (κ1) is 21.5. The summed E-state index contributed by atoms with van der Waals surface area (Å²) in [5, 5.41) is 6.24. The smallest absolute Gasteiger partial charge is 0.251 e. The summed E-state index contributed by atoms with van der Waals surface area (Å²) in [6.45, 7) is 4.92. The van der Waals surface area contributed by atoms with Crippen molar-refractivity contribution in [3.8, 4) is 5.75 Å². The maximum atomic E-state index is 12.9. The van der Waals surface area contributed by atoms with Crippen LogP contribution in [0.2, 0.25) is 0 Å². The third kappa shape index (κ3) is 5.32. The van der Waals surface area contributed by atoms with E-state index in [0.29, 0.717) is 11.5 Å². The molecule has 162 valence electrons. The molecule has 1 saturated heterocycles. The van der Waals surface area contributed by atoms with E-state index >= 15 is 0 Å². The average Bonchev–Trinajstić information content (AvgIpc) is 3.33. The molecule has 0 unspecified atom stereocenters. The van der Waals surface area contributed by atoms with Crippen molar-refractivity contribution in [2.45, 2.75) is 32.4 Å². The van der Waals surface area contributed by atoms with Gasteiger partial charge in [0.2, 0.25) is 0 Å². The van der Waals surface area contributed by atoms with Crippen LogP contribution in [0.15, 0.2) is 60.1 Å². The van der Waals surface area contributed by atoms with Gasteiger partial charge in [-0.1, -0.05) is 35.9 Å². The number of carbonyl (C=O) groups is 1. The van der Waals surface area contributed by atoms with E-state index in [1.807, 2.05) is 48.0 Å². The fraction of sp³-hybridized carbons (Fsp3) is 0.360. The number of hydrogen-bond donors (Lipinski definition) is 1. The summed E-state index contributed by atoms with van der Waals surface area (Å²) < 4.78 is 5.58. The van der Waals surface area contributed by atoms with Crippen LogP contribution in [-0.2, 0) is 6.54 Å². The van der Waals surface area contributed by atoms with E-state index in [0.717, 1.165) is 43.2 Å². The number of aryl methyl sites for hydroxylation is 1. The maximum absolute atomic E-state index is 12.9. The molecule has 0 aliphatic carbocycles. The van der Waals surface area contributed by atoms with E-state index in [1.165, 1.54) is 11.1 Å². The van der Waals surface area contributed by atoms with E-state index in [2.05, 4.69) is 34.3 Å². The van der Waals surface area contributed by atoms with Crippen molar-refractivity contribution in [3.05, 3.63) is 81.8 Å². The van der Waals surface area contributed by atoms with Gasteiger partial charge < -0.3 is 10.1 Å². The number of rotatable bonds is 7. The second kappa shape index (κ2) is 10.1. The number of nitrogens with zero attached hydrogens (tertiary/aromatic N) is 2. The second-order valence-corrected chi connectivity index (χ2v) is 9.07. The Bertz CT molecular complexity index is 991. The number of likely N-dealkylation sites (tertiary alicyclic amines) is 1. The monoisotopic (exact) mass is 435 g/mol. The number of piperidine rings is 1. The van der Waals surface area contributed by atoms with Crippen LogP contribution in [0.3, 0.4) is 0 Å². The zero-order valence-electron chi connectivity index (χ0n) is 18.1. The zero-order valence-corrected chi connectivity index (χ0v) is 18.9. The first-order chi connectivity index (χ1) is 15.1. The molecule has 0 spiro atoms. The first-order valence-electron chi connectivity index (χ1n) is 10.7.